The van der Waals surface area contributed by atoms with Gasteiger partial charge in [-0.1, -0.05) is 15.9 Å². The molecule has 0 spiro atoms. The number of carbonyl (C=O) groups is 3. The molecule has 0 unspecified atom stereocenters. The van der Waals surface area contributed by atoms with E-state index in [0.717, 1.165) is 11.0 Å². The molecular formula is C12H12BrFN2O5. The molecule has 0 saturated carbocycles. The summed E-state index contributed by atoms with van der Waals surface area (Å²) < 4.78 is 14.0. The second kappa shape index (κ2) is 7.70. The lowest BCUT2D eigenvalue weighted by Gasteiger charge is -2.17. The highest BCUT2D eigenvalue weighted by Crippen LogP contribution is 2.19. The Bertz CT molecular complexity index is 551. The number of amides is 1. The molecule has 1 amide bonds. The van der Waals surface area contributed by atoms with Crippen LogP contribution >= 0.6 is 15.9 Å². The summed E-state index contributed by atoms with van der Waals surface area (Å²) in [4.78, 5) is 33.8. The maximum absolute atomic E-state index is 13.5. The number of anilines is 1. The highest BCUT2D eigenvalue weighted by atomic mass is 79.9. The zero-order chi connectivity index (χ0) is 16.0. The number of nitrogens with zero attached hydrogens (tertiary/aromatic N) is 1. The number of aliphatic carboxylic acids is 2. The van der Waals surface area contributed by atoms with Crippen LogP contribution in [0.1, 0.15) is 0 Å². The number of nitrogens with one attached hydrogen (secondary N) is 1. The fraction of sp³-hybridized carbons (Fsp3) is 0.250. The van der Waals surface area contributed by atoms with Gasteiger partial charge in [-0.3, -0.25) is 19.3 Å². The van der Waals surface area contributed by atoms with Crippen LogP contribution in [0.2, 0.25) is 0 Å². The van der Waals surface area contributed by atoms with Crippen molar-refractivity contribution in [2.24, 2.45) is 0 Å². The molecule has 3 N–H and O–H groups in total. The van der Waals surface area contributed by atoms with Gasteiger partial charge in [0.25, 0.3) is 0 Å². The molecule has 0 heterocycles. The molecule has 0 fully saturated rings. The first-order valence-electron chi connectivity index (χ1n) is 5.68. The van der Waals surface area contributed by atoms with E-state index in [4.69, 9.17) is 10.2 Å². The molecule has 0 aliphatic carbocycles. The van der Waals surface area contributed by atoms with Gasteiger partial charge in [-0.05, 0) is 18.2 Å². The molecule has 0 aliphatic heterocycles. The van der Waals surface area contributed by atoms with Gasteiger partial charge in [0.2, 0.25) is 5.91 Å². The van der Waals surface area contributed by atoms with Crippen LogP contribution in [-0.4, -0.2) is 52.6 Å². The first-order valence-corrected chi connectivity index (χ1v) is 6.48. The minimum absolute atomic E-state index is 0.0752. The summed E-state index contributed by atoms with van der Waals surface area (Å²) in [6.45, 7) is -1.70. The standard InChI is InChI=1S/C12H12BrFN2O5/c13-7-1-2-9(8(14)3-7)15-10(17)4-16(5-11(18)19)6-12(20)21/h1-3H,4-6H2,(H,15,17)(H,18,19)(H,20,21). The third-order valence-corrected chi connectivity index (χ3v) is 2.78. The summed E-state index contributed by atoms with van der Waals surface area (Å²) >= 11 is 3.07. The Morgan fingerprint density at radius 1 is 1.14 bits per heavy atom. The Morgan fingerprint density at radius 3 is 2.19 bits per heavy atom. The molecule has 7 nitrogen and oxygen atoms in total. The second-order valence-corrected chi connectivity index (χ2v) is 5.02. The van der Waals surface area contributed by atoms with E-state index in [1.807, 2.05) is 0 Å². The van der Waals surface area contributed by atoms with Gasteiger partial charge in [0, 0.05) is 4.47 Å². The van der Waals surface area contributed by atoms with Crippen LogP contribution in [0.25, 0.3) is 0 Å². The summed E-state index contributed by atoms with van der Waals surface area (Å²) in [5, 5.41) is 19.5. The molecule has 1 aromatic carbocycles. The van der Waals surface area contributed by atoms with Crippen LogP contribution in [0, 0.1) is 5.82 Å². The lowest BCUT2D eigenvalue weighted by molar-refractivity contribution is -0.142. The summed E-state index contributed by atoms with van der Waals surface area (Å²) in [6.07, 6.45) is 0. The Morgan fingerprint density at radius 2 is 1.71 bits per heavy atom. The van der Waals surface area contributed by atoms with Gasteiger partial charge in [-0.25, -0.2) is 4.39 Å². The molecule has 0 radical (unpaired) electrons. The molecule has 0 atom stereocenters. The highest BCUT2D eigenvalue weighted by Gasteiger charge is 2.17. The molecule has 1 aromatic rings. The minimum Gasteiger partial charge on any atom is -0.480 e. The second-order valence-electron chi connectivity index (χ2n) is 4.10. The van der Waals surface area contributed by atoms with Crippen molar-refractivity contribution in [2.75, 3.05) is 25.0 Å². The SMILES string of the molecule is O=C(O)CN(CC(=O)O)CC(=O)Nc1ccc(Br)cc1F. The quantitative estimate of drug-likeness (QED) is 0.667. The van der Waals surface area contributed by atoms with Crippen LogP contribution in [0.15, 0.2) is 22.7 Å². The Kier molecular flexibility index (Phi) is 6.25. The molecule has 9 heteroatoms. The van der Waals surface area contributed by atoms with Crippen molar-refractivity contribution < 1.29 is 29.0 Å². The van der Waals surface area contributed by atoms with E-state index in [1.165, 1.54) is 12.1 Å². The number of halogens is 2. The Labute approximate surface area is 127 Å². The van der Waals surface area contributed by atoms with Gasteiger partial charge >= 0.3 is 11.9 Å². The molecule has 0 bridgehead atoms. The predicted octanol–water partition coefficient (Wildman–Crippen LogP) is 0.998. The number of rotatable bonds is 7. The van der Waals surface area contributed by atoms with Gasteiger partial charge in [-0.15, -0.1) is 0 Å². The number of benzene rings is 1. The van der Waals surface area contributed by atoms with Crippen molar-refractivity contribution in [1.29, 1.82) is 0 Å². The largest absolute Gasteiger partial charge is 0.480 e. The average Bonchev–Trinajstić information content (AvgIpc) is 2.30. The third kappa shape index (κ3) is 6.32. The van der Waals surface area contributed by atoms with Gasteiger partial charge in [0.1, 0.15) is 5.82 Å². The normalized spacial score (nSPS) is 10.4. The number of hydrogen-bond donors (Lipinski definition) is 3. The third-order valence-electron chi connectivity index (χ3n) is 2.29. The smallest absolute Gasteiger partial charge is 0.317 e. The maximum atomic E-state index is 13.5. The predicted molar refractivity (Wildman–Crippen MR) is 74.4 cm³/mol. The van der Waals surface area contributed by atoms with E-state index in [1.54, 1.807) is 0 Å². The minimum atomic E-state index is -1.26. The molecular weight excluding hydrogens is 351 g/mol. The number of carboxylic acid groups (broad SMARTS) is 2. The summed E-state index contributed by atoms with van der Waals surface area (Å²) in [5.74, 6) is -3.91. The van der Waals surface area contributed by atoms with E-state index in [9.17, 15) is 18.8 Å². The molecule has 21 heavy (non-hydrogen) atoms. The van der Waals surface area contributed by atoms with Crippen molar-refractivity contribution in [3.63, 3.8) is 0 Å². The molecule has 1 rings (SSSR count). The van der Waals surface area contributed by atoms with Crippen molar-refractivity contribution in [3.8, 4) is 0 Å². The summed E-state index contributed by atoms with van der Waals surface area (Å²) in [5.41, 5.74) is -0.0752. The fourth-order valence-corrected chi connectivity index (χ4v) is 1.87. The van der Waals surface area contributed by atoms with Crippen LogP contribution in [0.4, 0.5) is 10.1 Å². The highest BCUT2D eigenvalue weighted by molar-refractivity contribution is 9.10. The van der Waals surface area contributed by atoms with E-state index < -0.39 is 43.3 Å². The first-order chi connectivity index (χ1) is 9.77. The van der Waals surface area contributed by atoms with Gasteiger partial charge in [0.15, 0.2) is 0 Å². The zero-order valence-corrected chi connectivity index (χ0v) is 12.3. The van der Waals surface area contributed by atoms with Crippen molar-refractivity contribution in [1.82, 2.24) is 4.90 Å². The van der Waals surface area contributed by atoms with Gasteiger partial charge in [-0.2, -0.15) is 0 Å². The maximum Gasteiger partial charge on any atom is 0.317 e. The van der Waals surface area contributed by atoms with Gasteiger partial charge in [0.05, 0.1) is 25.3 Å². The summed E-state index contributed by atoms with van der Waals surface area (Å²) in [6, 6.07) is 4.00. The van der Waals surface area contributed by atoms with Crippen molar-refractivity contribution in [2.45, 2.75) is 0 Å². The first kappa shape index (κ1) is 17.1. The molecule has 0 aliphatic rings. The number of carboxylic acids is 2. The van der Waals surface area contributed by atoms with E-state index in [-0.39, 0.29) is 5.69 Å². The fourth-order valence-electron chi connectivity index (χ4n) is 1.53. The van der Waals surface area contributed by atoms with Crippen molar-refractivity contribution >= 4 is 39.5 Å². The topological polar surface area (TPSA) is 107 Å². The molecule has 0 aromatic heterocycles. The number of carbonyl (C=O) groups excluding carboxylic acids is 1. The lowest BCUT2D eigenvalue weighted by atomic mass is 10.3. The number of hydrogen-bond acceptors (Lipinski definition) is 4. The lowest BCUT2D eigenvalue weighted by Crippen LogP contribution is -2.40. The van der Waals surface area contributed by atoms with Crippen LogP contribution in [-0.2, 0) is 14.4 Å². The summed E-state index contributed by atoms with van der Waals surface area (Å²) in [7, 11) is 0. The van der Waals surface area contributed by atoms with E-state index >= 15 is 0 Å². The monoisotopic (exact) mass is 362 g/mol. The molecule has 0 saturated heterocycles. The van der Waals surface area contributed by atoms with E-state index in [2.05, 4.69) is 21.2 Å². The van der Waals surface area contributed by atoms with Gasteiger partial charge < -0.3 is 15.5 Å². The van der Waals surface area contributed by atoms with Crippen LogP contribution in [0.3, 0.4) is 0 Å². The Balaban J connectivity index is 2.68. The average molecular weight is 363 g/mol. The molecule has 114 valence electrons. The van der Waals surface area contributed by atoms with E-state index in [0.29, 0.717) is 4.47 Å². The van der Waals surface area contributed by atoms with Crippen LogP contribution < -0.4 is 5.32 Å². The van der Waals surface area contributed by atoms with Crippen LogP contribution in [0.5, 0.6) is 0 Å². The van der Waals surface area contributed by atoms with Crippen molar-refractivity contribution in [3.05, 3.63) is 28.5 Å². The zero-order valence-electron chi connectivity index (χ0n) is 10.7. The Hall–Kier alpha value is -2.00.